The molecule has 1 saturated carbocycles. The molecule has 0 aromatic heterocycles. The van der Waals surface area contributed by atoms with Gasteiger partial charge in [-0.25, -0.2) is 0 Å². The first-order valence-electron chi connectivity index (χ1n) is 7.96. The third kappa shape index (κ3) is 3.48. The van der Waals surface area contributed by atoms with Crippen molar-refractivity contribution < 1.29 is 4.74 Å². The number of hydrogen-bond acceptors (Lipinski definition) is 4. The van der Waals surface area contributed by atoms with E-state index in [2.05, 4.69) is 10.6 Å². The van der Waals surface area contributed by atoms with E-state index in [1.54, 1.807) is 0 Å². The zero-order chi connectivity index (χ0) is 14.5. The van der Waals surface area contributed by atoms with E-state index in [4.69, 9.17) is 10.00 Å². The Morgan fingerprint density at radius 3 is 2.76 bits per heavy atom. The predicted octanol–water partition coefficient (Wildman–Crippen LogP) is 2.92. The van der Waals surface area contributed by atoms with Crippen molar-refractivity contribution in [1.29, 1.82) is 5.26 Å². The van der Waals surface area contributed by atoms with Gasteiger partial charge in [-0.3, -0.25) is 0 Å². The zero-order valence-electron chi connectivity index (χ0n) is 12.3. The normalized spacial score (nSPS) is 28.2. The van der Waals surface area contributed by atoms with Crippen LogP contribution in [-0.2, 0) is 0 Å². The molecule has 112 valence electrons. The van der Waals surface area contributed by atoms with E-state index >= 15 is 0 Å². The van der Waals surface area contributed by atoms with E-state index in [1.807, 2.05) is 30.3 Å². The van der Waals surface area contributed by atoms with E-state index in [9.17, 15) is 0 Å². The summed E-state index contributed by atoms with van der Waals surface area (Å²) >= 11 is 0. The van der Waals surface area contributed by atoms with Crippen LogP contribution >= 0.6 is 0 Å². The van der Waals surface area contributed by atoms with E-state index < -0.39 is 0 Å². The second-order valence-corrected chi connectivity index (χ2v) is 6.02. The fraction of sp³-hybridized carbons (Fsp3) is 0.588. The molecule has 3 unspecified atom stereocenters. The summed E-state index contributed by atoms with van der Waals surface area (Å²) in [6, 6.07) is 11.2. The Kier molecular flexibility index (Phi) is 4.62. The van der Waals surface area contributed by atoms with Crippen molar-refractivity contribution in [3.8, 4) is 11.8 Å². The highest BCUT2D eigenvalue weighted by Crippen LogP contribution is 2.34. The molecule has 1 saturated heterocycles. The monoisotopic (exact) mass is 285 g/mol. The van der Waals surface area contributed by atoms with Crippen molar-refractivity contribution in [2.24, 2.45) is 5.92 Å². The standard InChI is InChI=1S/C17H23N3O/c18-10-12-21-14-8-6-13(7-9-14)20-17-4-1-3-15(17)16-5-2-11-19-16/h6-9,15-17,19-20H,1-5,11-12H2. The molecule has 0 spiro atoms. The summed E-state index contributed by atoms with van der Waals surface area (Å²) in [5.74, 6) is 1.50. The Morgan fingerprint density at radius 1 is 1.19 bits per heavy atom. The van der Waals surface area contributed by atoms with Gasteiger partial charge in [-0.1, -0.05) is 6.42 Å². The first-order chi connectivity index (χ1) is 10.4. The first kappa shape index (κ1) is 14.2. The average molecular weight is 285 g/mol. The molecule has 0 bridgehead atoms. The third-order valence-electron chi connectivity index (χ3n) is 4.69. The lowest BCUT2D eigenvalue weighted by Crippen LogP contribution is -2.38. The first-order valence-corrected chi connectivity index (χ1v) is 7.96. The Labute approximate surface area is 126 Å². The summed E-state index contributed by atoms with van der Waals surface area (Å²) in [7, 11) is 0. The Balaban J connectivity index is 1.58. The number of hydrogen-bond donors (Lipinski definition) is 2. The summed E-state index contributed by atoms with van der Waals surface area (Å²) in [5, 5.41) is 15.9. The molecular formula is C17H23N3O. The lowest BCUT2D eigenvalue weighted by Gasteiger charge is -2.27. The number of ether oxygens (including phenoxy) is 1. The highest BCUT2D eigenvalue weighted by Gasteiger charge is 2.34. The minimum absolute atomic E-state index is 0.102. The average Bonchev–Trinajstić information content (AvgIpc) is 3.17. The molecule has 4 nitrogen and oxygen atoms in total. The van der Waals surface area contributed by atoms with Gasteiger partial charge in [-0.2, -0.15) is 5.26 Å². The van der Waals surface area contributed by atoms with Crippen LogP contribution < -0.4 is 15.4 Å². The maximum atomic E-state index is 8.51. The number of benzene rings is 1. The van der Waals surface area contributed by atoms with Crippen molar-refractivity contribution in [1.82, 2.24) is 5.32 Å². The minimum Gasteiger partial charge on any atom is -0.479 e. The van der Waals surface area contributed by atoms with Crippen LogP contribution in [-0.4, -0.2) is 25.2 Å². The van der Waals surface area contributed by atoms with E-state index in [-0.39, 0.29) is 6.61 Å². The van der Waals surface area contributed by atoms with Gasteiger partial charge < -0.3 is 15.4 Å². The molecular weight excluding hydrogens is 262 g/mol. The number of anilines is 1. The summed E-state index contributed by atoms with van der Waals surface area (Å²) in [5.41, 5.74) is 1.15. The fourth-order valence-electron chi connectivity index (χ4n) is 3.70. The molecule has 2 N–H and O–H groups in total. The number of rotatable bonds is 5. The van der Waals surface area contributed by atoms with Crippen molar-refractivity contribution in [3.05, 3.63) is 24.3 Å². The smallest absolute Gasteiger partial charge is 0.174 e. The predicted molar refractivity (Wildman–Crippen MR) is 83.3 cm³/mol. The number of nitriles is 1. The third-order valence-corrected chi connectivity index (χ3v) is 4.69. The van der Waals surface area contributed by atoms with Crippen molar-refractivity contribution in [2.45, 2.75) is 44.2 Å². The summed E-state index contributed by atoms with van der Waals surface area (Å²) in [6.07, 6.45) is 6.56. The number of nitrogens with one attached hydrogen (secondary N) is 2. The van der Waals surface area contributed by atoms with Crippen LogP contribution in [0.4, 0.5) is 5.69 Å². The minimum atomic E-state index is 0.102. The van der Waals surface area contributed by atoms with Crippen molar-refractivity contribution in [3.63, 3.8) is 0 Å². The fourth-order valence-corrected chi connectivity index (χ4v) is 3.70. The van der Waals surface area contributed by atoms with Gasteiger partial charge in [0.15, 0.2) is 6.61 Å². The van der Waals surface area contributed by atoms with Crippen LogP contribution in [0, 0.1) is 17.2 Å². The molecule has 3 rings (SSSR count). The van der Waals surface area contributed by atoms with Gasteiger partial charge in [-0.05, 0) is 62.4 Å². The highest BCUT2D eigenvalue weighted by atomic mass is 16.5. The summed E-state index contributed by atoms with van der Waals surface area (Å²) in [6.45, 7) is 1.28. The molecule has 2 aliphatic rings. The van der Waals surface area contributed by atoms with E-state index in [0.29, 0.717) is 12.1 Å². The van der Waals surface area contributed by atoms with Crippen molar-refractivity contribution in [2.75, 3.05) is 18.5 Å². The lowest BCUT2D eigenvalue weighted by atomic mass is 9.93. The van der Waals surface area contributed by atoms with Gasteiger partial charge in [0.05, 0.1) is 0 Å². The number of nitrogens with zero attached hydrogens (tertiary/aromatic N) is 1. The summed E-state index contributed by atoms with van der Waals surface area (Å²) < 4.78 is 5.28. The Morgan fingerprint density at radius 2 is 2.05 bits per heavy atom. The molecule has 1 aromatic rings. The SMILES string of the molecule is N#CCOc1ccc(NC2CCCC2C2CCCN2)cc1. The van der Waals surface area contributed by atoms with Crippen LogP contribution in [0.5, 0.6) is 5.75 Å². The van der Waals surface area contributed by atoms with Crippen LogP contribution in [0.15, 0.2) is 24.3 Å². The van der Waals surface area contributed by atoms with Gasteiger partial charge in [-0.15, -0.1) is 0 Å². The lowest BCUT2D eigenvalue weighted by molar-refractivity contribution is 0.368. The molecule has 3 atom stereocenters. The second-order valence-electron chi connectivity index (χ2n) is 6.02. The van der Waals surface area contributed by atoms with Crippen LogP contribution in [0.3, 0.4) is 0 Å². The van der Waals surface area contributed by atoms with E-state index in [1.165, 1.54) is 38.6 Å². The molecule has 0 radical (unpaired) electrons. The second kappa shape index (κ2) is 6.82. The van der Waals surface area contributed by atoms with Crippen LogP contribution in [0.25, 0.3) is 0 Å². The highest BCUT2D eigenvalue weighted by molar-refractivity contribution is 5.47. The molecule has 1 heterocycles. The van der Waals surface area contributed by atoms with Gasteiger partial charge in [0.1, 0.15) is 11.8 Å². The quantitative estimate of drug-likeness (QED) is 0.873. The molecule has 4 heteroatoms. The van der Waals surface area contributed by atoms with Gasteiger partial charge in [0.2, 0.25) is 0 Å². The van der Waals surface area contributed by atoms with E-state index in [0.717, 1.165) is 17.4 Å². The van der Waals surface area contributed by atoms with Gasteiger partial charge in [0.25, 0.3) is 0 Å². The molecule has 1 aliphatic heterocycles. The largest absolute Gasteiger partial charge is 0.479 e. The van der Waals surface area contributed by atoms with Crippen molar-refractivity contribution >= 4 is 5.69 Å². The topological polar surface area (TPSA) is 57.1 Å². The molecule has 2 fully saturated rings. The van der Waals surface area contributed by atoms with Gasteiger partial charge >= 0.3 is 0 Å². The molecule has 21 heavy (non-hydrogen) atoms. The molecule has 1 aromatic carbocycles. The molecule has 1 aliphatic carbocycles. The Hall–Kier alpha value is -1.73. The zero-order valence-corrected chi connectivity index (χ0v) is 12.3. The maximum Gasteiger partial charge on any atom is 0.174 e. The van der Waals surface area contributed by atoms with Crippen LogP contribution in [0.1, 0.15) is 32.1 Å². The van der Waals surface area contributed by atoms with Gasteiger partial charge in [0, 0.05) is 17.8 Å². The maximum absolute atomic E-state index is 8.51. The molecule has 0 amide bonds. The Bertz CT molecular complexity index is 488. The van der Waals surface area contributed by atoms with Crippen LogP contribution in [0.2, 0.25) is 0 Å². The summed E-state index contributed by atoms with van der Waals surface area (Å²) in [4.78, 5) is 0.